The molecule has 1 aromatic heterocycles. The molecular weight excluding hydrogens is 290 g/mol. The minimum absolute atomic E-state index is 0.109. The largest absolute Gasteiger partial charge is 0.383 e. The first-order valence-corrected chi connectivity index (χ1v) is 8.00. The molecule has 2 aromatic rings. The van der Waals surface area contributed by atoms with Crippen LogP contribution in [0.15, 0.2) is 36.8 Å². The number of imidazole rings is 1. The van der Waals surface area contributed by atoms with E-state index in [4.69, 9.17) is 4.74 Å². The van der Waals surface area contributed by atoms with Crippen molar-refractivity contribution in [2.75, 3.05) is 13.7 Å². The van der Waals surface area contributed by atoms with Crippen LogP contribution in [0.1, 0.15) is 23.2 Å². The molecule has 2 heterocycles. The molecule has 5 heteroatoms. The van der Waals surface area contributed by atoms with Gasteiger partial charge in [-0.1, -0.05) is 29.8 Å². The van der Waals surface area contributed by atoms with E-state index in [2.05, 4.69) is 16.5 Å². The molecule has 0 saturated heterocycles. The zero-order valence-corrected chi connectivity index (χ0v) is 13.7. The van der Waals surface area contributed by atoms with Gasteiger partial charge >= 0.3 is 0 Å². The van der Waals surface area contributed by atoms with Crippen molar-refractivity contribution in [3.63, 3.8) is 0 Å². The molecule has 0 unspecified atom stereocenters. The fourth-order valence-electron chi connectivity index (χ4n) is 3.07. The third kappa shape index (κ3) is 3.62. The van der Waals surface area contributed by atoms with Gasteiger partial charge in [0.15, 0.2) is 0 Å². The zero-order chi connectivity index (χ0) is 16.2. The number of rotatable bonds is 4. The summed E-state index contributed by atoms with van der Waals surface area (Å²) in [6.07, 6.45) is 5.00. The van der Waals surface area contributed by atoms with Crippen molar-refractivity contribution in [1.29, 1.82) is 0 Å². The Morgan fingerprint density at radius 1 is 1.35 bits per heavy atom. The van der Waals surface area contributed by atoms with Crippen molar-refractivity contribution < 1.29 is 9.53 Å². The summed E-state index contributed by atoms with van der Waals surface area (Å²) in [5.41, 5.74) is 3.34. The van der Waals surface area contributed by atoms with Crippen LogP contribution in [0.5, 0.6) is 0 Å². The summed E-state index contributed by atoms with van der Waals surface area (Å²) in [5, 5.41) is 0. The SMILES string of the molecule is COC[C@H]1CCn2cncc2CN1C(=O)Cc1ccc(C)cc1. The summed E-state index contributed by atoms with van der Waals surface area (Å²) >= 11 is 0. The van der Waals surface area contributed by atoms with E-state index in [1.54, 1.807) is 7.11 Å². The van der Waals surface area contributed by atoms with Gasteiger partial charge in [0, 0.05) is 19.9 Å². The molecular formula is C18H23N3O2. The Labute approximate surface area is 136 Å². The normalized spacial score (nSPS) is 17.7. The van der Waals surface area contributed by atoms with E-state index >= 15 is 0 Å². The molecule has 122 valence electrons. The quantitative estimate of drug-likeness (QED) is 0.869. The lowest BCUT2D eigenvalue weighted by atomic mass is 10.1. The summed E-state index contributed by atoms with van der Waals surface area (Å²) in [6.45, 7) is 4.09. The molecule has 0 saturated carbocycles. The Bertz CT molecular complexity index is 663. The maximum Gasteiger partial charge on any atom is 0.227 e. The molecule has 0 aliphatic carbocycles. The molecule has 23 heavy (non-hydrogen) atoms. The molecule has 1 amide bonds. The highest BCUT2D eigenvalue weighted by Crippen LogP contribution is 2.19. The Hall–Kier alpha value is -2.14. The summed E-state index contributed by atoms with van der Waals surface area (Å²) < 4.78 is 7.47. The second-order valence-electron chi connectivity index (χ2n) is 6.16. The van der Waals surface area contributed by atoms with Gasteiger partial charge in [-0.3, -0.25) is 4.79 Å². The van der Waals surface area contributed by atoms with Crippen LogP contribution in [0.25, 0.3) is 0 Å². The van der Waals surface area contributed by atoms with Crippen molar-refractivity contribution in [2.24, 2.45) is 0 Å². The van der Waals surface area contributed by atoms with Crippen LogP contribution in [-0.4, -0.2) is 40.1 Å². The highest BCUT2D eigenvalue weighted by atomic mass is 16.5. The topological polar surface area (TPSA) is 47.4 Å². The zero-order valence-electron chi connectivity index (χ0n) is 13.7. The molecule has 0 radical (unpaired) electrons. The van der Waals surface area contributed by atoms with Crippen LogP contribution in [0.3, 0.4) is 0 Å². The van der Waals surface area contributed by atoms with Gasteiger partial charge in [-0.25, -0.2) is 4.98 Å². The van der Waals surface area contributed by atoms with Crippen LogP contribution >= 0.6 is 0 Å². The van der Waals surface area contributed by atoms with Gasteiger partial charge in [0.05, 0.1) is 37.6 Å². The van der Waals surface area contributed by atoms with E-state index in [1.807, 2.05) is 41.7 Å². The number of aryl methyl sites for hydroxylation is 2. The predicted octanol–water partition coefficient (Wildman–Crippen LogP) is 2.18. The van der Waals surface area contributed by atoms with E-state index in [0.29, 0.717) is 19.6 Å². The first-order chi connectivity index (χ1) is 11.2. The van der Waals surface area contributed by atoms with Crippen LogP contribution in [0.2, 0.25) is 0 Å². The van der Waals surface area contributed by atoms with Crippen LogP contribution in [0.4, 0.5) is 0 Å². The first-order valence-electron chi connectivity index (χ1n) is 8.00. The highest BCUT2D eigenvalue weighted by molar-refractivity contribution is 5.79. The van der Waals surface area contributed by atoms with Gasteiger partial charge in [0.1, 0.15) is 0 Å². The second-order valence-corrected chi connectivity index (χ2v) is 6.16. The number of hydrogen-bond acceptors (Lipinski definition) is 3. The number of carbonyl (C=O) groups is 1. The number of benzene rings is 1. The lowest BCUT2D eigenvalue weighted by Gasteiger charge is -2.29. The summed E-state index contributed by atoms with van der Waals surface area (Å²) in [7, 11) is 1.69. The third-order valence-corrected chi connectivity index (χ3v) is 4.43. The number of hydrogen-bond donors (Lipinski definition) is 0. The number of methoxy groups -OCH3 is 1. The van der Waals surface area contributed by atoms with E-state index in [0.717, 1.165) is 24.2 Å². The van der Waals surface area contributed by atoms with Crippen molar-refractivity contribution in [2.45, 2.75) is 38.9 Å². The van der Waals surface area contributed by atoms with E-state index in [-0.39, 0.29) is 11.9 Å². The number of ether oxygens (including phenoxy) is 1. The van der Waals surface area contributed by atoms with E-state index in [9.17, 15) is 4.79 Å². The predicted molar refractivity (Wildman–Crippen MR) is 87.9 cm³/mol. The lowest BCUT2D eigenvalue weighted by Crippen LogP contribution is -2.42. The summed E-state index contributed by atoms with van der Waals surface area (Å²) in [4.78, 5) is 19.0. The smallest absolute Gasteiger partial charge is 0.227 e. The van der Waals surface area contributed by atoms with Gasteiger partial charge in [-0.15, -0.1) is 0 Å². The summed E-state index contributed by atoms with van der Waals surface area (Å²) in [5.74, 6) is 0.144. The molecule has 5 nitrogen and oxygen atoms in total. The molecule has 0 bridgehead atoms. The number of aromatic nitrogens is 2. The van der Waals surface area contributed by atoms with Crippen molar-refractivity contribution in [3.8, 4) is 0 Å². The fraction of sp³-hybridized carbons (Fsp3) is 0.444. The average molecular weight is 313 g/mol. The molecule has 0 spiro atoms. The monoisotopic (exact) mass is 313 g/mol. The Kier molecular flexibility index (Phi) is 4.76. The summed E-state index contributed by atoms with van der Waals surface area (Å²) in [6, 6.07) is 8.26. The number of amides is 1. The van der Waals surface area contributed by atoms with Gasteiger partial charge in [0.2, 0.25) is 5.91 Å². The van der Waals surface area contributed by atoms with E-state index in [1.165, 1.54) is 5.56 Å². The molecule has 1 aliphatic rings. The van der Waals surface area contributed by atoms with Gasteiger partial charge in [-0.05, 0) is 18.9 Å². The van der Waals surface area contributed by atoms with Crippen LogP contribution in [0, 0.1) is 6.92 Å². The minimum atomic E-state index is 0.109. The maximum atomic E-state index is 12.9. The van der Waals surface area contributed by atoms with Crippen LogP contribution in [-0.2, 0) is 29.0 Å². The molecule has 3 rings (SSSR count). The van der Waals surface area contributed by atoms with Crippen molar-refractivity contribution in [1.82, 2.24) is 14.5 Å². The molecule has 0 fully saturated rings. The third-order valence-electron chi connectivity index (χ3n) is 4.43. The van der Waals surface area contributed by atoms with Crippen molar-refractivity contribution in [3.05, 3.63) is 53.6 Å². The van der Waals surface area contributed by atoms with Gasteiger partial charge in [-0.2, -0.15) is 0 Å². The Morgan fingerprint density at radius 3 is 2.87 bits per heavy atom. The standard InChI is InChI=1S/C18H23N3O2/c1-14-3-5-15(6-4-14)9-18(22)21-11-17-10-19-13-20(17)8-7-16(21)12-23-2/h3-6,10,13,16H,7-9,11-12H2,1-2H3/t16-/m1/s1. The van der Waals surface area contributed by atoms with Crippen molar-refractivity contribution >= 4 is 5.91 Å². The highest BCUT2D eigenvalue weighted by Gasteiger charge is 2.27. The number of carbonyl (C=O) groups excluding carboxylic acids is 1. The maximum absolute atomic E-state index is 12.9. The Balaban J connectivity index is 1.78. The van der Waals surface area contributed by atoms with Crippen LogP contribution < -0.4 is 0 Å². The Morgan fingerprint density at radius 2 is 2.13 bits per heavy atom. The van der Waals surface area contributed by atoms with Gasteiger partial charge < -0.3 is 14.2 Å². The average Bonchev–Trinajstić information content (AvgIpc) is 2.92. The van der Waals surface area contributed by atoms with Gasteiger partial charge in [0.25, 0.3) is 0 Å². The lowest BCUT2D eigenvalue weighted by molar-refractivity contribution is -0.134. The minimum Gasteiger partial charge on any atom is -0.383 e. The molecule has 1 aliphatic heterocycles. The fourth-order valence-corrected chi connectivity index (χ4v) is 3.07. The first kappa shape index (κ1) is 15.7. The molecule has 1 atom stereocenters. The molecule has 1 aromatic carbocycles. The second kappa shape index (κ2) is 6.96. The number of fused-ring (bicyclic) bond motifs is 1. The van der Waals surface area contributed by atoms with E-state index < -0.39 is 0 Å². The molecule has 0 N–H and O–H groups in total. The number of nitrogens with zero attached hydrogens (tertiary/aromatic N) is 3.